The fourth-order valence-electron chi connectivity index (χ4n) is 1.29. The van der Waals surface area contributed by atoms with Gasteiger partial charge in [-0.3, -0.25) is 0 Å². The molecule has 0 aliphatic carbocycles. The summed E-state index contributed by atoms with van der Waals surface area (Å²) in [6, 6.07) is 3.98. The highest BCUT2D eigenvalue weighted by molar-refractivity contribution is 6.87. The lowest BCUT2D eigenvalue weighted by atomic mass is 10.5. The first-order valence-electron chi connectivity index (χ1n) is 4.74. The van der Waals surface area contributed by atoms with E-state index in [2.05, 4.69) is 39.2 Å². The van der Waals surface area contributed by atoms with Gasteiger partial charge in [-0.1, -0.05) is 27.7 Å². The van der Waals surface area contributed by atoms with Crippen LogP contribution in [0.3, 0.4) is 0 Å². The Balaban J connectivity index is 4.28. The van der Waals surface area contributed by atoms with Gasteiger partial charge < -0.3 is 0 Å². The second-order valence-corrected chi connectivity index (χ2v) is 7.93. The summed E-state index contributed by atoms with van der Waals surface area (Å²) in [7, 11) is -1.10. The van der Waals surface area contributed by atoms with Crippen LogP contribution in [0.1, 0.15) is 34.1 Å². The van der Waals surface area contributed by atoms with Gasteiger partial charge in [0, 0.05) is 6.42 Å². The van der Waals surface area contributed by atoms with Gasteiger partial charge in [-0.2, -0.15) is 0 Å². The summed E-state index contributed by atoms with van der Waals surface area (Å²) in [5.74, 6) is 3.25. The fourth-order valence-corrected chi connectivity index (χ4v) is 3.87. The Hall–Kier alpha value is -0.223. The third-order valence-corrected chi connectivity index (χ3v) is 7.33. The fraction of sp³-hybridized carbons (Fsp3) is 0.800. The second-order valence-electron chi connectivity index (χ2n) is 3.00. The van der Waals surface area contributed by atoms with E-state index in [4.69, 9.17) is 0 Å². The molecule has 0 aliphatic rings. The maximum Gasteiger partial charge on any atom is 0.137 e. The minimum absolute atomic E-state index is 1.02. The molecule has 11 heavy (non-hydrogen) atoms. The van der Waals surface area contributed by atoms with E-state index in [9.17, 15) is 0 Å². The normalized spacial score (nSPS) is 10.5. The van der Waals surface area contributed by atoms with Gasteiger partial charge in [0.1, 0.15) is 8.07 Å². The van der Waals surface area contributed by atoms with Crippen molar-refractivity contribution in [3.05, 3.63) is 0 Å². The van der Waals surface area contributed by atoms with Crippen molar-refractivity contribution in [2.45, 2.75) is 52.2 Å². The lowest BCUT2D eigenvalue weighted by Gasteiger charge is -2.19. The quantitative estimate of drug-likeness (QED) is 0.447. The summed E-state index contributed by atoms with van der Waals surface area (Å²) in [5.41, 5.74) is 3.52. The Bertz CT molecular complexity index is 138. The summed E-state index contributed by atoms with van der Waals surface area (Å²) in [6.45, 7) is 9.02. The molecular formula is C10H20Si. The standard InChI is InChI=1S/C10H20Si/c1-5-9-10-11(6-2,7-3)8-4/h5-8H2,1-4H3. The molecule has 0 nitrogen and oxygen atoms in total. The van der Waals surface area contributed by atoms with Crippen molar-refractivity contribution >= 4 is 8.07 Å². The second kappa shape index (κ2) is 5.43. The lowest BCUT2D eigenvalue weighted by molar-refractivity contribution is 1.20. The Morgan fingerprint density at radius 3 is 1.64 bits per heavy atom. The summed E-state index contributed by atoms with van der Waals surface area (Å²) < 4.78 is 0. The van der Waals surface area contributed by atoms with Crippen molar-refractivity contribution in [1.82, 2.24) is 0 Å². The first-order valence-corrected chi connectivity index (χ1v) is 7.36. The molecule has 0 rings (SSSR count). The predicted octanol–water partition coefficient (Wildman–Crippen LogP) is 3.45. The van der Waals surface area contributed by atoms with Gasteiger partial charge in [-0.25, -0.2) is 0 Å². The molecule has 0 saturated carbocycles. The molecule has 0 N–H and O–H groups in total. The zero-order valence-electron chi connectivity index (χ0n) is 8.33. The maximum absolute atomic E-state index is 3.52. The van der Waals surface area contributed by atoms with Crippen LogP contribution in [0.4, 0.5) is 0 Å². The Labute approximate surface area is 72.4 Å². The van der Waals surface area contributed by atoms with Gasteiger partial charge in [-0.05, 0) is 18.1 Å². The maximum atomic E-state index is 3.52. The highest BCUT2D eigenvalue weighted by Gasteiger charge is 2.23. The first-order chi connectivity index (χ1) is 5.24. The largest absolute Gasteiger partial charge is 0.137 e. The first kappa shape index (κ1) is 10.8. The van der Waals surface area contributed by atoms with Gasteiger partial charge in [-0.15, -0.1) is 11.5 Å². The molecule has 0 radical (unpaired) electrons. The molecule has 0 amide bonds. The van der Waals surface area contributed by atoms with E-state index in [-0.39, 0.29) is 0 Å². The van der Waals surface area contributed by atoms with Crippen molar-refractivity contribution in [1.29, 1.82) is 0 Å². The highest BCUT2D eigenvalue weighted by Crippen LogP contribution is 2.18. The molecule has 64 valence electrons. The molecule has 0 spiro atoms. The number of hydrogen-bond donors (Lipinski definition) is 0. The molecule has 0 aliphatic heterocycles. The van der Waals surface area contributed by atoms with Crippen LogP contribution in [0.15, 0.2) is 0 Å². The zero-order chi connectivity index (χ0) is 8.74. The smallest absolute Gasteiger partial charge is 0.131 e. The van der Waals surface area contributed by atoms with Crippen LogP contribution in [0, 0.1) is 11.5 Å². The van der Waals surface area contributed by atoms with Crippen LogP contribution in [-0.2, 0) is 0 Å². The number of hydrogen-bond acceptors (Lipinski definition) is 0. The van der Waals surface area contributed by atoms with Crippen LogP contribution in [-0.4, -0.2) is 8.07 Å². The predicted molar refractivity (Wildman–Crippen MR) is 55.3 cm³/mol. The summed E-state index contributed by atoms with van der Waals surface area (Å²) >= 11 is 0. The molecule has 0 atom stereocenters. The van der Waals surface area contributed by atoms with Crippen LogP contribution in [0.25, 0.3) is 0 Å². The van der Waals surface area contributed by atoms with E-state index in [1.165, 1.54) is 18.1 Å². The van der Waals surface area contributed by atoms with Gasteiger partial charge in [0.15, 0.2) is 0 Å². The molecule has 0 bridgehead atoms. The van der Waals surface area contributed by atoms with E-state index in [1.807, 2.05) is 0 Å². The SMILES string of the molecule is CCC#C[Si](CC)(CC)CC. The summed E-state index contributed by atoms with van der Waals surface area (Å²) in [6.07, 6.45) is 1.02. The third-order valence-electron chi connectivity index (χ3n) is 2.56. The average molecular weight is 168 g/mol. The Morgan fingerprint density at radius 2 is 1.36 bits per heavy atom. The van der Waals surface area contributed by atoms with Gasteiger partial charge >= 0.3 is 0 Å². The van der Waals surface area contributed by atoms with Crippen molar-refractivity contribution in [3.63, 3.8) is 0 Å². The molecule has 0 fully saturated rings. The highest BCUT2D eigenvalue weighted by atomic mass is 28.3. The van der Waals surface area contributed by atoms with Crippen LogP contribution < -0.4 is 0 Å². The minimum atomic E-state index is -1.10. The van der Waals surface area contributed by atoms with Gasteiger partial charge in [0.2, 0.25) is 0 Å². The molecule has 0 aromatic carbocycles. The molecule has 0 aromatic heterocycles. The molecular weight excluding hydrogens is 148 g/mol. The molecule has 0 saturated heterocycles. The average Bonchev–Trinajstić information content (AvgIpc) is 2.08. The lowest BCUT2D eigenvalue weighted by Crippen LogP contribution is -2.29. The van der Waals surface area contributed by atoms with Crippen LogP contribution in [0.2, 0.25) is 18.1 Å². The van der Waals surface area contributed by atoms with Crippen molar-refractivity contribution in [2.24, 2.45) is 0 Å². The Morgan fingerprint density at radius 1 is 0.909 bits per heavy atom. The van der Waals surface area contributed by atoms with Crippen molar-refractivity contribution in [3.8, 4) is 11.5 Å². The monoisotopic (exact) mass is 168 g/mol. The third kappa shape index (κ3) is 3.12. The summed E-state index contributed by atoms with van der Waals surface area (Å²) in [5, 5.41) is 0. The van der Waals surface area contributed by atoms with E-state index in [0.29, 0.717) is 0 Å². The van der Waals surface area contributed by atoms with Crippen molar-refractivity contribution in [2.75, 3.05) is 0 Å². The topological polar surface area (TPSA) is 0 Å². The van der Waals surface area contributed by atoms with E-state index < -0.39 is 8.07 Å². The van der Waals surface area contributed by atoms with Crippen molar-refractivity contribution < 1.29 is 0 Å². The van der Waals surface area contributed by atoms with E-state index >= 15 is 0 Å². The van der Waals surface area contributed by atoms with Gasteiger partial charge in [0.25, 0.3) is 0 Å². The summed E-state index contributed by atoms with van der Waals surface area (Å²) in [4.78, 5) is 0. The van der Waals surface area contributed by atoms with E-state index in [1.54, 1.807) is 0 Å². The van der Waals surface area contributed by atoms with Crippen LogP contribution >= 0.6 is 0 Å². The van der Waals surface area contributed by atoms with E-state index in [0.717, 1.165) is 6.42 Å². The van der Waals surface area contributed by atoms with Crippen LogP contribution in [0.5, 0.6) is 0 Å². The zero-order valence-corrected chi connectivity index (χ0v) is 9.33. The Kier molecular flexibility index (Phi) is 5.32. The molecule has 1 heteroatoms. The van der Waals surface area contributed by atoms with Gasteiger partial charge in [0.05, 0.1) is 0 Å². The molecule has 0 aromatic rings. The number of rotatable bonds is 3. The minimum Gasteiger partial charge on any atom is -0.131 e. The molecule has 0 heterocycles. The molecule has 0 unspecified atom stereocenters.